The first-order valence-corrected chi connectivity index (χ1v) is 10.2. The van der Waals surface area contributed by atoms with Gasteiger partial charge in [0.2, 0.25) is 5.91 Å². The number of aromatic nitrogens is 5. The summed E-state index contributed by atoms with van der Waals surface area (Å²) in [5, 5.41) is 7.19. The van der Waals surface area contributed by atoms with E-state index in [1.165, 1.54) is 19.3 Å². The quantitative estimate of drug-likeness (QED) is 0.501. The largest absolute Gasteiger partial charge is 0.484 e. The maximum atomic E-state index is 13.1. The van der Waals surface area contributed by atoms with Gasteiger partial charge in [0.1, 0.15) is 24.2 Å². The van der Waals surface area contributed by atoms with Crippen LogP contribution in [0, 0.1) is 0 Å². The van der Waals surface area contributed by atoms with Gasteiger partial charge in [-0.1, -0.05) is 0 Å². The number of nitrogens with one attached hydrogen (secondary N) is 1. The topological polar surface area (TPSA) is 96.1 Å². The van der Waals surface area contributed by atoms with Crippen molar-refractivity contribution in [2.45, 2.75) is 26.5 Å². The molecule has 5 heterocycles. The Morgan fingerprint density at radius 1 is 1.27 bits per heavy atom. The lowest BCUT2D eigenvalue weighted by atomic mass is 10.1. The highest BCUT2D eigenvalue weighted by atomic mass is 19.3. The average Bonchev–Trinajstić information content (AvgIpc) is 3.38. The van der Waals surface area contributed by atoms with Crippen LogP contribution < -0.4 is 14.8 Å². The molecule has 0 spiro atoms. The van der Waals surface area contributed by atoms with E-state index in [1.807, 2.05) is 24.7 Å². The second kappa shape index (κ2) is 7.84. The Bertz CT molecular complexity index is 1380. The number of nitrogens with zero attached hydrogens (tertiary/aromatic N) is 5. The lowest BCUT2D eigenvalue weighted by Gasteiger charge is -2.26. The minimum atomic E-state index is -2.76. The van der Waals surface area contributed by atoms with Crippen molar-refractivity contribution in [1.29, 1.82) is 0 Å². The van der Waals surface area contributed by atoms with E-state index >= 15 is 0 Å². The number of hydrogen-bond donors (Lipinski definition) is 1. The normalized spacial score (nSPS) is 15.3. The van der Waals surface area contributed by atoms with Crippen molar-refractivity contribution in [2.24, 2.45) is 7.05 Å². The molecule has 4 aromatic rings. The minimum absolute atomic E-state index is 0.188. The van der Waals surface area contributed by atoms with E-state index in [2.05, 4.69) is 15.4 Å². The summed E-state index contributed by atoms with van der Waals surface area (Å²) in [4.78, 5) is 20.6. The molecule has 1 amide bonds. The summed E-state index contributed by atoms with van der Waals surface area (Å²) >= 11 is 0. The highest BCUT2D eigenvalue weighted by Gasteiger charge is 2.26. The lowest BCUT2D eigenvalue weighted by molar-refractivity contribution is -0.114. The second-order valence-electron chi connectivity index (χ2n) is 7.83. The van der Waals surface area contributed by atoms with Crippen molar-refractivity contribution in [3.8, 4) is 34.0 Å². The summed E-state index contributed by atoms with van der Waals surface area (Å²) in [5.74, 6) is 1.09. The standard InChI is InChI=1S/C22H20F2N6O3/c1-11-10-32-21-18(33-11)5-16(13-6-26-30(8-13)22(23)24)28-20(21)15-9-29(3)17-7-25-19(4-14(15)17)27-12(2)31/h4-9,11,22H,10H2,1-3H3,(H,25,27,31). The number of rotatable bonds is 4. The van der Waals surface area contributed by atoms with E-state index in [4.69, 9.17) is 14.5 Å². The number of aryl methyl sites for hydroxylation is 1. The van der Waals surface area contributed by atoms with E-state index in [0.29, 0.717) is 45.6 Å². The van der Waals surface area contributed by atoms with E-state index < -0.39 is 6.55 Å². The Labute approximate surface area is 187 Å². The number of anilines is 1. The van der Waals surface area contributed by atoms with Gasteiger partial charge in [0, 0.05) is 48.9 Å². The third-order valence-electron chi connectivity index (χ3n) is 5.26. The predicted octanol–water partition coefficient (Wildman–Crippen LogP) is 4.01. The van der Waals surface area contributed by atoms with Crippen molar-refractivity contribution >= 4 is 22.6 Å². The summed E-state index contributed by atoms with van der Waals surface area (Å²) < 4.78 is 40.6. The molecule has 0 aliphatic carbocycles. The zero-order chi connectivity index (χ0) is 23.3. The van der Waals surface area contributed by atoms with Gasteiger partial charge >= 0.3 is 6.55 Å². The molecule has 0 bridgehead atoms. The molecule has 0 saturated carbocycles. The highest BCUT2D eigenvalue weighted by Crippen LogP contribution is 2.44. The van der Waals surface area contributed by atoms with Crippen LogP contribution in [0.1, 0.15) is 20.4 Å². The maximum Gasteiger partial charge on any atom is 0.333 e. The first kappa shape index (κ1) is 20.9. The van der Waals surface area contributed by atoms with E-state index in [-0.39, 0.29) is 12.0 Å². The molecule has 1 atom stereocenters. The number of pyridine rings is 2. The van der Waals surface area contributed by atoms with Crippen LogP contribution in [0.15, 0.2) is 36.9 Å². The molecule has 9 nitrogen and oxygen atoms in total. The minimum Gasteiger partial charge on any atom is -0.484 e. The Kier molecular flexibility index (Phi) is 4.95. The van der Waals surface area contributed by atoms with Gasteiger partial charge in [-0.05, 0) is 13.0 Å². The molecule has 0 radical (unpaired) electrons. The first-order valence-electron chi connectivity index (χ1n) is 10.2. The zero-order valence-corrected chi connectivity index (χ0v) is 18.0. The Morgan fingerprint density at radius 2 is 2.09 bits per heavy atom. The molecule has 33 heavy (non-hydrogen) atoms. The monoisotopic (exact) mass is 454 g/mol. The lowest BCUT2D eigenvalue weighted by Crippen LogP contribution is -2.26. The van der Waals surface area contributed by atoms with Crippen LogP contribution in [-0.4, -0.2) is 42.9 Å². The molecule has 11 heteroatoms. The summed E-state index contributed by atoms with van der Waals surface area (Å²) in [6.45, 7) is 0.868. The third-order valence-corrected chi connectivity index (χ3v) is 5.26. The van der Waals surface area contributed by atoms with Crippen molar-refractivity contribution in [3.05, 3.63) is 36.9 Å². The van der Waals surface area contributed by atoms with Crippen LogP contribution in [0.4, 0.5) is 14.6 Å². The van der Waals surface area contributed by atoms with E-state index in [9.17, 15) is 13.6 Å². The summed E-state index contributed by atoms with van der Waals surface area (Å²) in [6.07, 6.45) is 5.91. The fourth-order valence-electron chi connectivity index (χ4n) is 3.81. The number of fused-ring (bicyclic) bond motifs is 2. The number of carbonyl (C=O) groups is 1. The van der Waals surface area contributed by atoms with Crippen LogP contribution in [0.5, 0.6) is 11.5 Å². The summed E-state index contributed by atoms with van der Waals surface area (Å²) in [7, 11) is 1.87. The van der Waals surface area contributed by atoms with Crippen LogP contribution in [0.25, 0.3) is 33.4 Å². The molecule has 1 unspecified atom stereocenters. The van der Waals surface area contributed by atoms with Crippen LogP contribution in [0.2, 0.25) is 0 Å². The van der Waals surface area contributed by atoms with Crippen LogP contribution in [0.3, 0.4) is 0 Å². The molecule has 1 aliphatic rings. The smallest absolute Gasteiger partial charge is 0.333 e. The number of halogens is 2. The number of amides is 1. The number of carbonyl (C=O) groups excluding carboxylic acids is 1. The van der Waals surface area contributed by atoms with Gasteiger partial charge in [-0.15, -0.1) is 0 Å². The van der Waals surface area contributed by atoms with Gasteiger partial charge in [0.25, 0.3) is 0 Å². The van der Waals surface area contributed by atoms with E-state index in [1.54, 1.807) is 18.3 Å². The van der Waals surface area contributed by atoms with Gasteiger partial charge < -0.3 is 19.4 Å². The van der Waals surface area contributed by atoms with Gasteiger partial charge in [-0.2, -0.15) is 13.9 Å². The molecule has 0 saturated heterocycles. The Morgan fingerprint density at radius 3 is 2.82 bits per heavy atom. The van der Waals surface area contributed by atoms with Gasteiger partial charge in [-0.3, -0.25) is 4.79 Å². The molecular weight excluding hydrogens is 434 g/mol. The number of alkyl halides is 2. The van der Waals surface area contributed by atoms with Gasteiger partial charge in [0.05, 0.1) is 23.6 Å². The molecule has 170 valence electrons. The molecule has 1 aliphatic heterocycles. The molecule has 0 fully saturated rings. The molecule has 1 N–H and O–H groups in total. The van der Waals surface area contributed by atoms with Gasteiger partial charge in [0.15, 0.2) is 11.5 Å². The number of hydrogen-bond acceptors (Lipinski definition) is 6. The second-order valence-corrected chi connectivity index (χ2v) is 7.83. The molecule has 0 aromatic carbocycles. The maximum absolute atomic E-state index is 13.1. The zero-order valence-electron chi connectivity index (χ0n) is 18.0. The first-order chi connectivity index (χ1) is 15.8. The van der Waals surface area contributed by atoms with E-state index in [0.717, 1.165) is 16.5 Å². The fourth-order valence-corrected chi connectivity index (χ4v) is 3.81. The molecule has 4 aromatic heterocycles. The fraction of sp³-hybridized carbons (Fsp3) is 0.273. The van der Waals surface area contributed by atoms with Crippen molar-refractivity contribution < 1.29 is 23.0 Å². The summed E-state index contributed by atoms with van der Waals surface area (Å²) in [6, 6.07) is 3.42. The molecule has 5 rings (SSSR count). The SMILES string of the molecule is CC(=O)Nc1cc2c(-c3nc(-c4cnn(C(F)F)c4)cc4c3OCC(C)O4)cn(C)c2cn1. The Hall–Kier alpha value is -4.02. The average molecular weight is 454 g/mol. The molecular formula is C22H20F2N6O3. The predicted molar refractivity (Wildman–Crippen MR) is 116 cm³/mol. The van der Waals surface area contributed by atoms with Gasteiger partial charge in [-0.25, -0.2) is 14.6 Å². The summed E-state index contributed by atoms with van der Waals surface area (Å²) in [5.41, 5.74) is 2.86. The van der Waals surface area contributed by atoms with Crippen molar-refractivity contribution in [2.75, 3.05) is 11.9 Å². The van der Waals surface area contributed by atoms with Crippen molar-refractivity contribution in [1.82, 2.24) is 24.3 Å². The third kappa shape index (κ3) is 3.75. The van der Waals surface area contributed by atoms with Crippen LogP contribution >= 0.6 is 0 Å². The Balaban J connectivity index is 1.72. The van der Waals surface area contributed by atoms with Crippen molar-refractivity contribution in [3.63, 3.8) is 0 Å². The van der Waals surface area contributed by atoms with Crippen LogP contribution in [-0.2, 0) is 11.8 Å². The number of ether oxygens (including phenoxy) is 2. The highest BCUT2D eigenvalue weighted by molar-refractivity contribution is 5.99.